The van der Waals surface area contributed by atoms with E-state index in [0.717, 1.165) is 25.8 Å². The summed E-state index contributed by atoms with van der Waals surface area (Å²) in [6.45, 7) is 2.17. The summed E-state index contributed by atoms with van der Waals surface area (Å²) in [5.74, 6) is -0.986. The Labute approximate surface area is 228 Å². The van der Waals surface area contributed by atoms with Gasteiger partial charge in [0.1, 0.15) is 5.60 Å². The van der Waals surface area contributed by atoms with Crippen molar-refractivity contribution in [3.63, 3.8) is 0 Å². The molecule has 1 aromatic heterocycles. The topological polar surface area (TPSA) is 123 Å². The fourth-order valence-electron chi connectivity index (χ4n) is 5.93. The molecule has 2 aromatic carbocycles. The number of hydrogen-bond donors (Lipinski definition) is 2. The standard InChI is InChI=1S/C31H35N3O5/c32-29(37)31(39-28(36)25-12-18-33-26-9-5-4-8-24(25)26)14-10-22(11-15-31)13-19-34-20-16-30(38,17-21-34)27(35)23-6-2-1-3-7-23/h1-9,12,18,22,38H,10-11,13-17,19-21H2,(H2,32,37). The normalized spacial score (nSPS) is 23.3. The average Bonchev–Trinajstić information content (AvgIpc) is 2.97. The van der Waals surface area contributed by atoms with Crippen molar-refractivity contribution in [2.45, 2.75) is 56.1 Å². The SMILES string of the molecule is NC(=O)C1(OC(=O)c2ccnc3ccccc23)CCC(CCN2CCC(O)(C(=O)c3ccccc3)CC2)CC1. The van der Waals surface area contributed by atoms with E-state index in [0.29, 0.717) is 66.7 Å². The fourth-order valence-corrected chi connectivity index (χ4v) is 5.93. The summed E-state index contributed by atoms with van der Waals surface area (Å²) >= 11 is 0. The number of esters is 1. The van der Waals surface area contributed by atoms with Crippen LogP contribution in [0.3, 0.4) is 0 Å². The number of nitrogens with zero attached hydrogens (tertiary/aromatic N) is 2. The Morgan fingerprint density at radius 3 is 2.31 bits per heavy atom. The van der Waals surface area contributed by atoms with Crippen LogP contribution in [-0.4, -0.2) is 63.5 Å². The van der Waals surface area contributed by atoms with Crippen molar-refractivity contribution < 1.29 is 24.2 Å². The lowest BCUT2D eigenvalue weighted by Crippen LogP contribution is -2.51. The number of carbonyl (C=O) groups is 3. The molecule has 1 amide bonds. The molecular weight excluding hydrogens is 494 g/mol. The van der Waals surface area contributed by atoms with Crippen molar-refractivity contribution in [2.75, 3.05) is 19.6 Å². The second-order valence-electron chi connectivity index (χ2n) is 10.9. The molecule has 3 aromatic rings. The Hall–Kier alpha value is -3.62. The quantitative estimate of drug-likeness (QED) is 0.335. The summed E-state index contributed by atoms with van der Waals surface area (Å²) in [6.07, 6.45) is 5.58. The smallest absolute Gasteiger partial charge is 0.339 e. The van der Waals surface area contributed by atoms with E-state index in [1.807, 2.05) is 42.5 Å². The van der Waals surface area contributed by atoms with Gasteiger partial charge in [0.05, 0.1) is 11.1 Å². The van der Waals surface area contributed by atoms with E-state index < -0.39 is 23.1 Å². The number of amides is 1. The first-order valence-corrected chi connectivity index (χ1v) is 13.7. The molecule has 0 radical (unpaired) electrons. The summed E-state index contributed by atoms with van der Waals surface area (Å²) in [5.41, 5.74) is 4.77. The maximum absolute atomic E-state index is 13.1. The van der Waals surface area contributed by atoms with E-state index in [-0.39, 0.29) is 5.78 Å². The number of likely N-dealkylation sites (tertiary alicyclic amines) is 1. The number of rotatable bonds is 8. The van der Waals surface area contributed by atoms with Crippen LogP contribution in [0, 0.1) is 5.92 Å². The monoisotopic (exact) mass is 529 g/mol. The number of benzene rings is 2. The van der Waals surface area contributed by atoms with Crippen LogP contribution in [0.25, 0.3) is 10.9 Å². The largest absolute Gasteiger partial charge is 0.445 e. The van der Waals surface area contributed by atoms with Gasteiger partial charge in [-0.25, -0.2) is 4.79 Å². The average molecular weight is 530 g/mol. The Kier molecular flexibility index (Phi) is 7.77. The lowest BCUT2D eigenvalue weighted by Gasteiger charge is -2.39. The number of primary amides is 1. The van der Waals surface area contributed by atoms with Crippen molar-refractivity contribution in [1.82, 2.24) is 9.88 Å². The lowest BCUT2D eigenvalue weighted by atomic mass is 9.76. The molecular formula is C31H35N3O5. The molecule has 0 atom stereocenters. The third kappa shape index (κ3) is 5.72. The number of hydrogen-bond acceptors (Lipinski definition) is 7. The lowest BCUT2D eigenvalue weighted by molar-refractivity contribution is -0.142. The van der Waals surface area contributed by atoms with Crippen LogP contribution in [0.4, 0.5) is 0 Å². The molecule has 1 aliphatic carbocycles. The Morgan fingerprint density at radius 2 is 1.62 bits per heavy atom. The minimum atomic E-state index is -1.31. The van der Waals surface area contributed by atoms with Crippen molar-refractivity contribution in [3.8, 4) is 0 Å². The maximum Gasteiger partial charge on any atom is 0.339 e. The highest BCUT2D eigenvalue weighted by Crippen LogP contribution is 2.38. The van der Waals surface area contributed by atoms with E-state index in [4.69, 9.17) is 10.5 Å². The fraction of sp³-hybridized carbons (Fsp3) is 0.419. The van der Waals surface area contributed by atoms with Gasteiger partial charge in [0.15, 0.2) is 11.4 Å². The Balaban J connectivity index is 1.13. The van der Waals surface area contributed by atoms with Crippen molar-refractivity contribution in [2.24, 2.45) is 11.7 Å². The molecule has 1 saturated heterocycles. The summed E-state index contributed by atoms with van der Waals surface area (Å²) in [7, 11) is 0. The summed E-state index contributed by atoms with van der Waals surface area (Å²) < 4.78 is 5.85. The van der Waals surface area contributed by atoms with Crippen molar-refractivity contribution in [3.05, 3.63) is 78.0 Å². The van der Waals surface area contributed by atoms with Gasteiger partial charge in [0.2, 0.25) is 0 Å². The highest BCUT2D eigenvalue weighted by Gasteiger charge is 2.45. The number of nitrogens with two attached hydrogens (primary N) is 1. The van der Waals surface area contributed by atoms with Gasteiger partial charge in [0, 0.05) is 30.2 Å². The van der Waals surface area contributed by atoms with E-state index in [9.17, 15) is 19.5 Å². The van der Waals surface area contributed by atoms with E-state index in [1.165, 1.54) is 0 Å². The van der Waals surface area contributed by atoms with Gasteiger partial charge in [0.25, 0.3) is 5.91 Å². The zero-order chi connectivity index (χ0) is 27.5. The molecule has 1 aliphatic heterocycles. The van der Waals surface area contributed by atoms with E-state index >= 15 is 0 Å². The number of Topliss-reactive ketones (excluding diaryl/α,β-unsaturated/α-hetero) is 1. The molecule has 2 heterocycles. The van der Waals surface area contributed by atoms with Gasteiger partial charge < -0.3 is 20.5 Å². The van der Waals surface area contributed by atoms with Gasteiger partial charge in [-0.15, -0.1) is 0 Å². The molecule has 8 heteroatoms. The number of fused-ring (bicyclic) bond motifs is 1. The minimum Gasteiger partial charge on any atom is -0.445 e. The molecule has 39 heavy (non-hydrogen) atoms. The molecule has 2 aliphatic rings. The highest BCUT2D eigenvalue weighted by atomic mass is 16.6. The van der Waals surface area contributed by atoms with Gasteiger partial charge >= 0.3 is 5.97 Å². The molecule has 1 saturated carbocycles. The van der Waals surface area contributed by atoms with Crippen molar-refractivity contribution >= 4 is 28.6 Å². The van der Waals surface area contributed by atoms with Crippen LogP contribution in [0.2, 0.25) is 0 Å². The molecule has 0 unspecified atom stereocenters. The second kappa shape index (κ2) is 11.2. The van der Waals surface area contributed by atoms with Crippen LogP contribution < -0.4 is 5.73 Å². The van der Waals surface area contributed by atoms with Crippen LogP contribution in [0.1, 0.15) is 65.7 Å². The third-order valence-corrected chi connectivity index (χ3v) is 8.51. The first kappa shape index (κ1) is 27.0. The zero-order valence-corrected chi connectivity index (χ0v) is 22.1. The number of aliphatic hydroxyl groups is 1. The Morgan fingerprint density at radius 1 is 0.949 bits per heavy atom. The molecule has 8 nitrogen and oxygen atoms in total. The molecule has 0 spiro atoms. The summed E-state index contributed by atoms with van der Waals surface area (Å²) in [4.78, 5) is 45.1. The predicted octanol–water partition coefficient (Wildman–Crippen LogP) is 3.91. The van der Waals surface area contributed by atoms with Crippen LogP contribution in [0.15, 0.2) is 66.9 Å². The van der Waals surface area contributed by atoms with Gasteiger partial charge in [-0.2, -0.15) is 0 Å². The summed E-state index contributed by atoms with van der Waals surface area (Å²) in [5, 5.41) is 11.7. The van der Waals surface area contributed by atoms with Gasteiger partial charge in [-0.3, -0.25) is 14.6 Å². The van der Waals surface area contributed by atoms with Crippen LogP contribution >= 0.6 is 0 Å². The third-order valence-electron chi connectivity index (χ3n) is 8.51. The molecule has 2 fully saturated rings. The second-order valence-corrected chi connectivity index (χ2v) is 10.9. The van der Waals surface area contributed by atoms with Gasteiger partial charge in [-0.05, 0) is 69.5 Å². The number of aromatic nitrogens is 1. The van der Waals surface area contributed by atoms with Crippen LogP contribution in [0.5, 0.6) is 0 Å². The first-order valence-electron chi connectivity index (χ1n) is 13.7. The van der Waals surface area contributed by atoms with Crippen LogP contribution in [-0.2, 0) is 9.53 Å². The highest BCUT2D eigenvalue weighted by molar-refractivity contribution is 6.04. The molecule has 0 bridgehead atoms. The number of ketones is 1. The summed E-state index contributed by atoms with van der Waals surface area (Å²) in [6, 6.07) is 17.9. The molecule has 3 N–H and O–H groups in total. The first-order chi connectivity index (χ1) is 18.8. The molecule has 204 valence electrons. The van der Waals surface area contributed by atoms with E-state index in [1.54, 1.807) is 24.4 Å². The number of para-hydroxylation sites is 1. The zero-order valence-electron chi connectivity index (χ0n) is 22.1. The number of ether oxygens (including phenoxy) is 1. The Bertz CT molecular complexity index is 1340. The maximum atomic E-state index is 13.1. The predicted molar refractivity (Wildman–Crippen MR) is 147 cm³/mol. The van der Waals surface area contributed by atoms with Gasteiger partial charge in [-0.1, -0.05) is 48.5 Å². The number of piperidine rings is 1. The van der Waals surface area contributed by atoms with Crippen molar-refractivity contribution in [1.29, 1.82) is 0 Å². The number of pyridine rings is 1. The minimum absolute atomic E-state index is 0.202. The van der Waals surface area contributed by atoms with E-state index in [2.05, 4.69) is 9.88 Å². The number of carbonyl (C=O) groups excluding carboxylic acids is 3. The molecule has 5 rings (SSSR count).